The molecule has 2 aromatic heterocycles. The third kappa shape index (κ3) is 3.54. The fraction of sp³-hybridized carbons (Fsp3) is 0.350. The van der Waals surface area contributed by atoms with Gasteiger partial charge in [0.2, 0.25) is 0 Å². The molecule has 3 aromatic rings. The lowest BCUT2D eigenvalue weighted by atomic mass is 10.1. The molecule has 0 spiro atoms. The Bertz CT molecular complexity index is 887. The average Bonchev–Trinajstić information content (AvgIpc) is 3.45. The number of aromatic nitrogens is 3. The van der Waals surface area contributed by atoms with Crippen molar-refractivity contribution in [1.29, 1.82) is 0 Å². The van der Waals surface area contributed by atoms with E-state index in [0.29, 0.717) is 19.0 Å². The summed E-state index contributed by atoms with van der Waals surface area (Å²) >= 11 is 0. The van der Waals surface area contributed by atoms with Crippen LogP contribution in [0.3, 0.4) is 0 Å². The number of urea groups is 1. The van der Waals surface area contributed by atoms with E-state index in [9.17, 15) is 4.79 Å². The highest BCUT2D eigenvalue weighted by Gasteiger charge is 2.34. The van der Waals surface area contributed by atoms with E-state index in [2.05, 4.69) is 34.6 Å². The van der Waals surface area contributed by atoms with Gasteiger partial charge in [0.15, 0.2) is 11.5 Å². The number of rotatable bonds is 6. The van der Waals surface area contributed by atoms with Gasteiger partial charge in [0.05, 0.1) is 6.54 Å². The molecule has 0 bridgehead atoms. The monoisotopic (exact) mass is 349 g/mol. The maximum absolute atomic E-state index is 12.9. The standard InChI is InChI=1S/C20H23N5O/c1-15(17-10-11-17)25(14-16-7-3-2-4-8-16)20(26)21-13-19-23-22-18-9-5-6-12-24(18)19/h2-9,12,15,17H,10-11,13-14H2,1H3,(H,21,26). The van der Waals surface area contributed by atoms with Crippen molar-refractivity contribution in [2.75, 3.05) is 0 Å². The molecule has 4 rings (SSSR count). The number of nitrogens with zero attached hydrogens (tertiary/aromatic N) is 4. The number of amides is 2. The molecule has 2 amide bonds. The van der Waals surface area contributed by atoms with Crippen molar-refractivity contribution in [3.05, 3.63) is 66.1 Å². The SMILES string of the molecule is CC(C1CC1)N(Cc1ccccc1)C(=O)NCc1nnc2ccccn12. The first kappa shape index (κ1) is 16.6. The summed E-state index contributed by atoms with van der Waals surface area (Å²) in [5.41, 5.74) is 1.92. The van der Waals surface area contributed by atoms with Crippen LogP contribution in [0.5, 0.6) is 0 Å². The van der Waals surface area contributed by atoms with Crippen LogP contribution >= 0.6 is 0 Å². The van der Waals surface area contributed by atoms with Crippen LogP contribution in [0.4, 0.5) is 4.79 Å². The Labute approximate surface area is 152 Å². The van der Waals surface area contributed by atoms with Crippen molar-refractivity contribution < 1.29 is 4.79 Å². The maximum Gasteiger partial charge on any atom is 0.318 e. The van der Waals surface area contributed by atoms with E-state index in [1.165, 1.54) is 12.8 Å². The summed E-state index contributed by atoms with van der Waals surface area (Å²) in [6.45, 7) is 3.12. The van der Waals surface area contributed by atoms with Crippen LogP contribution in [0.25, 0.3) is 5.65 Å². The second-order valence-corrected chi connectivity index (χ2v) is 6.90. The van der Waals surface area contributed by atoms with Gasteiger partial charge < -0.3 is 10.2 Å². The van der Waals surface area contributed by atoms with Crippen molar-refractivity contribution >= 4 is 11.7 Å². The predicted molar refractivity (Wildman–Crippen MR) is 99.4 cm³/mol. The zero-order chi connectivity index (χ0) is 17.9. The molecule has 134 valence electrons. The number of carbonyl (C=O) groups is 1. The van der Waals surface area contributed by atoms with E-state index in [0.717, 1.165) is 17.0 Å². The van der Waals surface area contributed by atoms with Crippen molar-refractivity contribution in [3.8, 4) is 0 Å². The smallest absolute Gasteiger partial charge is 0.318 e. The molecule has 0 aliphatic heterocycles. The fourth-order valence-corrected chi connectivity index (χ4v) is 3.28. The molecule has 1 aliphatic rings. The summed E-state index contributed by atoms with van der Waals surface area (Å²) in [7, 11) is 0. The summed E-state index contributed by atoms with van der Waals surface area (Å²) in [5.74, 6) is 1.34. The van der Waals surface area contributed by atoms with Crippen molar-refractivity contribution in [2.24, 2.45) is 5.92 Å². The first-order chi connectivity index (χ1) is 12.7. The first-order valence-electron chi connectivity index (χ1n) is 9.09. The summed E-state index contributed by atoms with van der Waals surface area (Å²) in [5, 5.41) is 11.3. The molecule has 1 N–H and O–H groups in total. The first-order valence-corrected chi connectivity index (χ1v) is 9.09. The van der Waals surface area contributed by atoms with E-state index >= 15 is 0 Å². The van der Waals surface area contributed by atoms with Crippen molar-refractivity contribution in [3.63, 3.8) is 0 Å². The van der Waals surface area contributed by atoms with Crippen LogP contribution in [0.1, 0.15) is 31.2 Å². The van der Waals surface area contributed by atoms with E-state index in [1.54, 1.807) is 0 Å². The lowest BCUT2D eigenvalue weighted by Gasteiger charge is -2.29. The van der Waals surface area contributed by atoms with Gasteiger partial charge in [0, 0.05) is 18.8 Å². The highest BCUT2D eigenvalue weighted by molar-refractivity contribution is 5.74. The second kappa shape index (κ2) is 7.15. The molecular weight excluding hydrogens is 326 g/mol. The van der Waals surface area contributed by atoms with Gasteiger partial charge >= 0.3 is 6.03 Å². The number of benzene rings is 1. The molecule has 1 saturated carbocycles. The molecule has 6 heteroatoms. The third-order valence-corrected chi connectivity index (χ3v) is 5.03. The van der Waals surface area contributed by atoms with E-state index < -0.39 is 0 Å². The minimum atomic E-state index is -0.0547. The van der Waals surface area contributed by atoms with Crippen LogP contribution < -0.4 is 5.32 Å². The molecule has 1 atom stereocenters. The van der Waals surface area contributed by atoms with E-state index in [-0.39, 0.29) is 12.1 Å². The quantitative estimate of drug-likeness (QED) is 0.743. The van der Waals surface area contributed by atoms with Gasteiger partial charge in [0.25, 0.3) is 0 Å². The van der Waals surface area contributed by atoms with E-state index in [4.69, 9.17) is 0 Å². The minimum Gasteiger partial charge on any atom is -0.331 e. The Morgan fingerprint density at radius 1 is 1.19 bits per heavy atom. The number of carbonyl (C=O) groups excluding carboxylic acids is 1. The van der Waals surface area contributed by atoms with Gasteiger partial charge in [-0.3, -0.25) is 4.40 Å². The Kier molecular flexibility index (Phi) is 4.56. The van der Waals surface area contributed by atoms with Crippen molar-refractivity contribution in [1.82, 2.24) is 24.8 Å². The van der Waals surface area contributed by atoms with Crippen LogP contribution in [-0.4, -0.2) is 31.6 Å². The molecule has 1 aromatic carbocycles. The number of nitrogens with one attached hydrogen (secondary N) is 1. The minimum absolute atomic E-state index is 0.0547. The molecule has 0 saturated heterocycles. The molecule has 2 heterocycles. The Balaban J connectivity index is 1.47. The largest absolute Gasteiger partial charge is 0.331 e. The van der Waals surface area contributed by atoms with Gasteiger partial charge in [-0.05, 0) is 43.4 Å². The number of hydrogen-bond donors (Lipinski definition) is 1. The fourth-order valence-electron chi connectivity index (χ4n) is 3.28. The van der Waals surface area contributed by atoms with Crippen molar-refractivity contribution in [2.45, 2.75) is 38.9 Å². The van der Waals surface area contributed by atoms with Gasteiger partial charge in [0.1, 0.15) is 0 Å². The highest BCUT2D eigenvalue weighted by Crippen LogP contribution is 2.35. The molecule has 1 unspecified atom stereocenters. The summed E-state index contributed by atoms with van der Waals surface area (Å²) in [6.07, 6.45) is 4.31. The Hall–Kier alpha value is -2.89. The van der Waals surface area contributed by atoms with Gasteiger partial charge in [-0.2, -0.15) is 0 Å². The van der Waals surface area contributed by atoms with Crippen LogP contribution in [0, 0.1) is 5.92 Å². The van der Waals surface area contributed by atoms with Gasteiger partial charge in [-0.15, -0.1) is 10.2 Å². The van der Waals surface area contributed by atoms with Crippen LogP contribution in [0.2, 0.25) is 0 Å². The molecule has 0 radical (unpaired) electrons. The maximum atomic E-state index is 12.9. The van der Waals surface area contributed by atoms with E-state index in [1.807, 2.05) is 51.9 Å². The second-order valence-electron chi connectivity index (χ2n) is 6.90. The average molecular weight is 349 g/mol. The summed E-state index contributed by atoms with van der Waals surface area (Å²) < 4.78 is 1.89. The summed E-state index contributed by atoms with van der Waals surface area (Å²) in [4.78, 5) is 14.9. The normalized spacial score (nSPS) is 15.0. The molecule has 6 nitrogen and oxygen atoms in total. The predicted octanol–water partition coefficient (Wildman–Crippen LogP) is 3.24. The molecule has 1 aliphatic carbocycles. The molecular formula is C20H23N5O. The highest BCUT2D eigenvalue weighted by atomic mass is 16.2. The number of fused-ring (bicyclic) bond motifs is 1. The van der Waals surface area contributed by atoms with Gasteiger partial charge in [-0.1, -0.05) is 36.4 Å². The zero-order valence-electron chi connectivity index (χ0n) is 14.9. The third-order valence-electron chi connectivity index (χ3n) is 5.03. The number of pyridine rings is 1. The zero-order valence-corrected chi connectivity index (χ0v) is 14.9. The molecule has 26 heavy (non-hydrogen) atoms. The summed E-state index contributed by atoms with van der Waals surface area (Å²) in [6, 6.07) is 16.1. The molecule has 1 fully saturated rings. The Morgan fingerprint density at radius 3 is 2.73 bits per heavy atom. The van der Waals surface area contributed by atoms with Crippen LogP contribution in [-0.2, 0) is 13.1 Å². The Morgan fingerprint density at radius 2 is 1.96 bits per heavy atom. The van der Waals surface area contributed by atoms with Crippen LogP contribution in [0.15, 0.2) is 54.7 Å². The lowest BCUT2D eigenvalue weighted by molar-refractivity contribution is 0.166. The van der Waals surface area contributed by atoms with Gasteiger partial charge in [-0.25, -0.2) is 4.79 Å². The topological polar surface area (TPSA) is 62.5 Å². The lowest BCUT2D eigenvalue weighted by Crippen LogP contribution is -2.45. The number of hydrogen-bond acceptors (Lipinski definition) is 3.